The van der Waals surface area contributed by atoms with Crippen molar-refractivity contribution < 1.29 is 19.1 Å². The molecule has 0 radical (unpaired) electrons. The van der Waals surface area contributed by atoms with Gasteiger partial charge in [0.2, 0.25) is 0 Å². The van der Waals surface area contributed by atoms with Gasteiger partial charge in [0.25, 0.3) is 0 Å². The van der Waals surface area contributed by atoms with Crippen LogP contribution < -0.4 is 5.32 Å². The summed E-state index contributed by atoms with van der Waals surface area (Å²) in [6, 6.07) is 0. The molecule has 2 rings (SSSR count). The third kappa shape index (κ3) is 8.43. The standard InChI is InChI=1S/C21H40N6O4/c1-6-30-19(28)26-16-14-25(15-17-26)18(22-5)23-8-7-9-24-10-12-27(13-11-24)20(29)31-21(2,3)4/h6-17H2,1-5H3,(H,22,23). The first-order valence-electron chi connectivity index (χ1n) is 11.3. The Bertz CT molecular complexity index is 605. The maximum atomic E-state index is 12.2. The molecular formula is C21H40N6O4. The third-order valence-electron chi connectivity index (χ3n) is 5.28. The molecule has 2 amide bonds. The average Bonchev–Trinajstić information content (AvgIpc) is 2.73. The zero-order valence-electron chi connectivity index (χ0n) is 19.9. The van der Waals surface area contributed by atoms with Gasteiger partial charge >= 0.3 is 12.2 Å². The zero-order valence-corrected chi connectivity index (χ0v) is 19.9. The van der Waals surface area contributed by atoms with E-state index in [1.807, 2.05) is 27.7 Å². The summed E-state index contributed by atoms with van der Waals surface area (Å²) in [5.74, 6) is 0.873. The third-order valence-corrected chi connectivity index (χ3v) is 5.28. The second-order valence-electron chi connectivity index (χ2n) is 8.81. The van der Waals surface area contributed by atoms with Crippen LogP contribution in [0.15, 0.2) is 4.99 Å². The van der Waals surface area contributed by atoms with Gasteiger partial charge < -0.3 is 29.5 Å². The van der Waals surface area contributed by atoms with E-state index in [-0.39, 0.29) is 12.2 Å². The Hall–Kier alpha value is -2.23. The van der Waals surface area contributed by atoms with Crippen molar-refractivity contribution >= 4 is 18.1 Å². The molecule has 2 fully saturated rings. The Morgan fingerprint density at radius 2 is 1.45 bits per heavy atom. The van der Waals surface area contributed by atoms with Crippen LogP contribution in [0.5, 0.6) is 0 Å². The van der Waals surface area contributed by atoms with Gasteiger partial charge in [0.05, 0.1) is 6.61 Å². The van der Waals surface area contributed by atoms with Crippen molar-refractivity contribution in [1.29, 1.82) is 0 Å². The van der Waals surface area contributed by atoms with E-state index < -0.39 is 5.60 Å². The fourth-order valence-corrected chi connectivity index (χ4v) is 3.63. The molecule has 0 saturated carbocycles. The number of ether oxygens (including phenoxy) is 2. The summed E-state index contributed by atoms with van der Waals surface area (Å²) in [4.78, 5) is 36.5. The lowest BCUT2D eigenvalue weighted by Gasteiger charge is -2.36. The van der Waals surface area contributed by atoms with E-state index in [4.69, 9.17) is 9.47 Å². The van der Waals surface area contributed by atoms with E-state index in [1.165, 1.54) is 0 Å². The number of nitrogens with one attached hydrogen (secondary N) is 1. The highest BCUT2D eigenvalue weighted by molar-refractivity contribution is 5.80. The predicted octanol–water partition coefficient (Wildman–Crippen LogP) is 1.28. The Balaban J connectivity index is 1.62. The van der Waals surface area contributed by atoms with Gasteiger partial charge in [0.1, 0.15) is 5.60 Å². The zero-order chi connectivity index (χ0) is 22.9. The highest BCUT2D eigenvalue weighted by Crippen LogP contribution is 2.12. The average molecular weight is 441 g/mol. The van der Waals surface area contributed by atoms with Crippen LogP contribution >= 0.6 is 0 Å². The topological polar surface area (TPSA) is 90.0 Å². The molecular weight excluding hydrogens is 400 g/mol. The van der Waals surface area contributed by atoms with Crippen LogP contribution in [0.2, 0.25) is 0 Å². The van der Waals surface area contributed by atoms with E-state index in [2.05, 4.69) is 20.1 Å². The largest absolute Gasteiger partial charge is 0.450 e. The highest BCUT2D eigenvalue weighted by atomic mass is 16.6. The molecule has 0 aromatic carbocycles. The molecule has 178 valence electrons. The molecule has 10 nitrogen and oxygen atoms in total. The van der Waals surface area contributed by atoms with Crippen LogP contribution in [0.4, 0.5) is 9.59 Å². The van der Waals surface area contributed by atoms with Gasteiger partial charge in [-0.25, -0.2) is 9.59 Å². The van der Waals surface area contributed by atoms with Gasteiger partial charge in [-0.3, -0.25) is 9.89 Å². The Labute approximate surface area is 186 Å². The van der Waals surface area contributed by atoms with Gasteiger partial charge in [-0.1, -0.05) is 0 Å². The first kappa shape index (κ1) is 25.0. The highest BCUT2D eigenvalue weighted by Gasteiger charge is 2.26. The SMILES string of the molecule is CCOC(=O)N1CCN(C(=NC)NCCCN2CCN(C(=O)OC(C)(C)C)CC2)CC1. The van der Waals surface area contributed by atoms with Crippen LogP contribution in [-0.2, 0) is 9.47 Å². The number of guanidine groups is 1. The number of nitrogens with zero attached hydrogens (tertiary/aromatic N) is 5. The molecule has 0 spiro atoms. The van der Waals surface area contributed by atoms with Gasteiger partial charge in [-0.05, 0) is 40.7 Å². The van der Waals surface area contributed by atoms with Crippen LogP contribution in [-0.4, -0.2) is 122 Å². The summed E-state index contributed by atoms with van der Waals surface area (Å²) in [7, 11) is 1.79. The monoisotopic (exact) mass is 440 g/mol. The molecule has 0 aromatic rings. The van der Waals surface area contributed by atoms with E-state index >= 15 is 0 Å². The number of piperazine rings is 2. The summed E-state index contributed by atoms with van der Waals surface area (Å²) in [5.41, 5.74) is -0.454. The van der Waals surface area contributed by atoms with Crippen molar-refractivity contribution in [1.82, 2.24) is 24.9 Å². The number of hydrogen-bond acceptors (Lipinski definition) is 6. The minimum atomic E-state index is -0.454. The van der Waals surface area contributed by atoms with Crippen molar-refractivity contribution in [2.75, 3.05) is 79.1 Å². The molecule has 0 unspecified atom stereocenters. The number of rotatable bonds is 5. The van der Waals surface area contributed by atoms with E-state index in [0.717, 1.165) is 51.6 Å². The molecule has 0 aromatic heterocycles. The lowest BCUT2D eigenvalue weighted by Crippen LogP contribution is -2.54. The molecule has 2 heterocycles. The minimum Gasteiger partial charge on any atom is -0.450 e. The Morgan fingerprint density at radius 1 is 0.903 bits per heavy atom. The van der Waals surface area contributed by atoms with Crippen molar-refractivity contribution in [2.24, 2.45) is 4.99 Å². The quantitative estimate of drug-likeness (QED) is 0.391. The van der Waals surface area contributed by atoms with Crippen molar-refractivity contribution in [3.8, 4) is 0 Å². The predicted molar refractivity (Wildman–Crippen MR) is 120 cm³/mol. The molecule has 2 aliphatic rings. The van der Waals surface area contributed by atoms with Crippen LogP contribution in [0.25, 0.3) is 0 Å². The minimum absolute atomic E-state index is 0.222. The first-order valence-corrected chi connectivity index (χ1v) is 11.3. The summed E-state index contributed by atoms with van der Waals surface area (Å²) < 4.78 is 10.5. The summed E-state index contributed by atoms with van der Waals surface area (Å²) in [6.45, 7) is 15.6. The van der Waals surface area contributed by atoms with Crippen LogP contribution in [0, 0.1) is 0 Å². The van der Waals surface area contributed by atoms with E-state index in [0.29, 0.717) is 32.8 Å². The van der Waals surface area contributed by atoms with Crippen molar-refractivity contribution in [3.63, 3.8) is 0 Å². The lowest BCUT2D eigenvalue weighted by atomic mass is 10.2. The maximum absolute atomic E-state index is 12.2. The lowest BCUT2D eigenvalue weighted by molar-refractivity contribution is 0.0145. The van der Waals surface area contributed by atoms with Gasteiger partial charge in [-0.15, -0.1) is 0 Å². The van der Waals surface area contributed by atoms with Gasteiger partial charge in [-0.2, -0.15) is 0 Å². The fourth-order valence-electron chi connectivity index (χ4n) is 3.63. The summed E-state index contributed by atoms with van der Waals surface area (Å²) >= 11 is 0. The number of carbonyl (C=O) groups excluding carboxylic acids is 2. The Kier molecular flexibility index (Phi) is 9.67. The van der Waals surface area contributed by atoms with Crippen LogP contribution in [0.1, 0.15) is 34.1 Å². The molecule has 0 aliphatic carbocycles. The molecule has 10 heteroatoms. The number of amides is 2. The molecule has 0 bridgehead atoms. The second-order valence-corrected chi connectivity index (χ2v) is 8.81. The molecule has 2 saturated heterocycles. The molecule has 1 N–H and O–H groups in total. The molecule has 2 aliphatic heterocycles. The maximum Gasteiger partial charge on any atom is 0.410 e. The van der Waals surface area contributed by atoms with Gasteiger partial charge in [0, 0.05) is 66.0 Å². The normalized spacial score (nSPS) is 18.7. The Morgan fingerprint density at radius 3 is 2.00 bits per heavy atom. The number of hydrogen-bond donors (Lipinski definition) is 1. The fraction of sp³-hybridized carbons (Fsp3) is 0.857. The van der Waals surface area contributed by atoms with E-state index in [9.17, 15) is 9.59 Å². The smallest absolute Gasteiger partial charge is 0.410 e. The number of carbonyl (C=O) groups is 2. The summed E-state index contributed by atoms with van der Waals surface area (Å²) in [6.07, 6.45) is 0.534. The first-order chi connectivity index (χ1) is 14.7. The van der Waals surface area contributed by atoms with Gasteiger partial charge in [0.15, 0.2) is 5.96 Å². The van der Waals surface area contributed by atoms with Crippen molar-refractivity contribution in [2.45, 2.75) is 39.7 Å². The molecule has 31 heavy (non-hydrogen) atoms. The number of aliphatic imine (C=N–C) groups is 1. The van der Waals surface area contributed by atoms with Crippen molar-refractivity contribution in [3.05, 3.63) is 0 Å². The van der Waals surface area contributed by atoms with Crippen LogP contribution in [0.3, 0.4) is 0 Å². The second kappa shape index (κ2) is 12.0. The molecule has 0 atom stereocenters. The van der Waals surface area contributed by atoms with E-state index in [1.54, 1.807) is 16.8 Å². The summed E-state index contributed by atoms with van der Waals surface area (Å²) in [5, 5.41) is 3.43.